The van der Waals surface area contributed by atoms with E-state index in [0.717, 1.165) is 12.3 Å². The topological polar surface area (TPSA) is 78.4 Å². The van der Waals surface area contributed by atoms with Gasteiger partial charge in [0.1, 0.15) is 6.04 Å². The Hall–Kier alpha value is -1.26. The zero-order chi connectivity index (χ0) is 13.0. The lowest BCUT2D eigenvalue weighted by molar-refractivity contribution is -0.140. The van der Waals surface area contributed by atoms with Gasteiger partial charge in [0.2, 0.25) is 0 Å². The van der Waals surface area contributed by atoms with Crippen molar-refractivity contribution in [1.29, 1.82) is 0 Å². The highest BCUT2D eigenvalue weighted by Gasteiger charge is 2.26. The summed E-state index contributed by atoms with van der Waals surface area (Å²) in [5.74, 6) is -0.382. The van der Waals surface area contributed by atoms with Crippen LogP contribution >= 0.6 is 0 Å². The van der Waals surface area contributed by atoms with Gasteiger partial charge in [0.25, 0.3) is 0 Å². The standard InChI is InChI=1S/C12H22N2O3/c1-7(2)10(11(15)16)14-12(17)13-8(3)6-9-4-5-9/h7-10H,4-6H2,1-3H3,(H,15,16)(H2,13,14,17)/t8?,10-/m0/s1. The van der Waals surface area contributed by atoms with Gasteiger partial charge in [-0.1, -0.05) is 26.7 Å². The molecule has 98 valence electrons. The molecule has 2 amide bonds. The van der Waals surface area contributed by atoms with E-state index in [9.17, 15) is 9.59 Å². The Balaban J connectivity index is 2.32. The molecule has 2 atom stereocenters. The van der Waals surface area contributed by atoms with Crippen LogP contribution in [0, 0.1) is 11.8 Å². The first kappa shape index (κ1) is 13.8. The zero-order valence-electron chi connectivity index (χ0n) is 10.7. The summed E-state index contributed by atoms with van der Waals surface area (Å²) in [7, 11) is 0. The number of carboxylic acids is 1. The van der Waals surface area contributed by atoms with Gasteiger partial charge >= 0.3 is 12.0 Å². The summed E-state index contributed by atoms with van der Waals surface area (Å²) in [5, 5.41) is 14.2. The van der Waals surface area contributed by atoms with Crippen LogP contribution in [0.4, 0.5) is 4.79 Å². The Morgan fingerprint density at radius 3 is 2.24 bits per heavy atom. The molecule has 0 spiro atoms. The van der Waals surface area contributed by atoms with Crippen molar-refractivity contribution in [1.82, 2.24) is 10.6 Å². The number of carbonyl (C=O) groups is 2. The molecule has 0 bridgehead atoms. The fraction of sp³-hybridized carbons (Fsp3) is 0.833. The quantitative estimate of drug-likeness (QED) is 0.661. The molecule has 0 heterocycles. The van der Waals surface area contributed by atoms with E-state index in [2.05, 4.69) is 10.6 Å². The monoisotopic (exact) mass is 242 g/mol. The van der Waals surface area contributed by atoms with Crippen molar-refractivity contribution < 1.29 is 14.7 Å². The lowest BCUT2D eigenvalue weighted by Gasteiger charge is -2.20. The third-order valence-corrected chi connectivity index (χ3v) is 2.98. The maximum Gasteiger partial charge on any atom is 0.326 e. The van der Waals surface area contributed by atoms with E-state index in [1.54, 1.807) is 13.8 Å². The normalized spacial score (nSPS) is 18.6. The second-order valence-corrected chi connectivity index (χ2v) is 5.26. The predicted molar refractivity (Wildman–Crippen MR) is 64.7 cm³/mol. The summed E-state index contributed by atoms with van der Waals surface area (Å²) in [6.45, 7) is 5.49. The van der Waals surface area contributed by atoms with E-state index < -0.39 is 12.0 Å². The maximum atomic E-state index is 11.6. The number of hydrogen-bond acceptors (Lipinski definition) is 2. The molecule has 0 radical (unpaired) electrons. The van der Waals surface area contributed by atoms with E-state index in [1.165, 1.54) is 12.8 Å². The first-order chi connectivity index (χ1) is 7.90. The number of aliphatic carboxylic acids is 1. The van der Waals surface area contributed by atoms with E-state index in [0.29, 0.717) is 0 Å². The minimum Gasteiger partial charge on any atom is -0.480 e. The summed E-state index contributed by atoms with van der Waals surface area (Å²) in [6, 6.07) is -1.12. The smallest absolute Gasteiger partial charge is 0.326 e. The number of nitrogens with one attached hydrogen (secondary N) is 2. The summed E-state index contributed by atoms with van der Waals surface area (Å²) in [6.07, 6.45) is 3.47. The Morgan fingerprint density at radius 1 is 1.24 bits per heavy atom. The average molecular weight is 242 g/mol. The summed E-state index contributed by atoms with van der Waals surface area (Å²) >= 11 is 0. The van der Waals surface area contributed by atoms with Crippen molar-refractivity contribution in [3.63, 3.8) is 0 Å². The highest BCUT2D eigenvalue weighted by molar-refractivity contribution is 5.82. The minimum atomic E-state index is -0.995. The van der Waals surface area contributed by atoms with Crippen molar-refractivity contribution in [3.05, 3.63) is 0 Å². The Kier molecular flexibility index (Phi) is 4.78. The van der Waals surface area contributed by atoms with Gasteiger partial charge < -0.3 is 15.7 Å². The number of hydrogen-bond donors (Lipinski definition) is 3. The van der Waals surface area contributed by atoms with Gasteiger partial charge in [0.15, 0.2) is 0 Å². The second kappa shape index (κ2) is 5.89. The molecule has 3 N–H and O–H groups in total. The predicted octanol–water partition coefficient (Wildman–Crippen LogP) is 1.58. The van der Waals surface area contributed by atoms with Crippen LogP contribution in [0.25, 0.3) is 0 Å². The second-order valence-electron chi connectivity index (χ2n) is 5.26. The minimum absolute atomic E-state index is 0.101. The van der Waals surface area contributed by atoms with Crippen LogP contribution in [0.2, 0.25) is 0 Å². The van der Waals surface area contributed by atoms with Gasteiger partial charge in [-0.05, 0) is 25.2 Å². The molecule has 1 rings (SSSR count). The van der Waals surface area contributed by atoms with Crippen LogP contribution in [0.1, 0.15) is 40.0 Å². The number of carbonyl (C=O) groups excluding carboxylic acids is 1. The molecule has 0 saturated heterocycles. The summed E-state index contributed by atoms with van der Waals surface area (Å²) in [4.78, 5) is 22.5. The van der Waals surface area contributed by atoms with Gasteiger partial charge in [0, 0.05) is 6.04 Å². The molecule has 0 aromatic carbocycles. The molecule has 5 nitrogen and oxygen atoms in total. The van der Waals surface area contributed by atoms with Gasteiger partial charge in [-0.15, -0.1) is 0 Å². The van der Waals surface area contributed by atoms with Crippen molar-refractivity contribution in [2.75, 3.05) is 0 Å². The molecule has 1 aliphatic rings. The third kappa shape index (κ3) is 5.06. The fourth-order valence-corrected chi connectivity index (χ4v) is 1.83. The highest BCUT2D eigenvalue weighted by atomic mass is 16.4. The van der Waals surface area contributed by atoms with Crippen LogP contribution < -0.4 is 10.6 Å². The Morgan fingerprint density at radius 2 is 1.82 bits per heavy atom. The molecule has 17 heavy (non-hydrogen) atoms. The lowest BCUT2D eigenvalue weighted by atomic mass is 10.1. The van der Waals surface area contributed by atoms with Crippen molar-refractivity contribution in [3.8, 4) is 0 Å². The van der Waals surface area contributed by atoms with Crippen LogP contribution in [0.5, 0.6) is 0 Å². The molecule has 5 heteroatoms. The van der Waals surface area contributed by atoms with Gasteiger partial charge in [0.05, 0.1) is 0 Å². The van der Waals surface area contributed by atoms with Crippen LogP contribution in [0.15, 0.2) is 0 Å². The first-order valence-corrected chi connectivity index (χ1v) is 6.20. The SMILES string of the molecule is CC(CC1CC1)NC(=O)N[C@H](C(=O)O)C(C)C. The summed E-state index contributed by atoms with van der Waals surface area (Å²) in [5.41, 5.74) is 0. The van der Waals surface area contributed by atoms with E-state index >= 15 is 0 Å². The van der Waals surface area contributed by atoms with Crippen LogP contribution in [0.3, 0.4) is 0 Å². The molecule has 0 aromatic rings. The van der Waals surface area contributed by atoms with E-state index in [1.807, 2.05) is 6.92 Å². The number of amides is 2. The fourth-order valence-electron chi connectivity index (χ4n) is 1.83. The Labute approximate surface area is 102 Å². The summed E-state index contributed by atoms with van der Waals surface area (Å²) < 4.78 is 0. The van der Waals surface area contributed by atoms with Crippen molar-refractivity contribution >= 4 is 12.0 Å². The third-order valence-electron chi connectivity index (χ3n) is 2.98. The average Bonchev–Trinajstić information content (AvgIpc) is 2.96. The van der Waals surface area contributed by atoms with E-state index in [4.69, 9.17) is 5.11 Å². The molecule has 1 fully saturated rings. The Bertz CT molecular complexity index is 287. The van der Waals surface area contributed by atoms with E-state index in [-0.39, 0.29) is 18.0 Å². The molecular weight excluding hydrogens is 220 g/mol. The molecule has 1 saturated carbocycles. The molecule has 1 aliphatic carbocycles. The van der Waals surface area contributed by atoms with Gasteiger partial charge in [-0.3, -0.25) is 0 Å². The number of carboxylic acid groups (broad SMARTS) is 1. The maximum absolute atomic E-state index is 11.6. The van der Waals surface area contributed by atoms with Crippen LogP contribution in [-0.2, 0) is 4.79 Å². The van der Waals surface area contributed by atoms with Gasteiger partial charge in [-0.25, -0.2) is 9.59 Å². The zero-order valence-corrected chi connectivity index (χ0v) is 10.7. The number of urea groups is 1. The highest BCUT2D eigenvalue weighted by Crippen LogP contribution is 2.33. The molecular formula is C12H22N2O3. The molecule has 0 aromatic heterocycles. The van der Waals surface area contributed by atoms with Crippen molar-refractivity contribution in [2.45, 2.75) is 52.1 Å². The lowest BCUT2D eigenvalue weighted by Crippen LogP contribution is -2.50. The largest absolute Gasteiger partial charge is 0.480 e. The van der Waals surface area contributed by atoms with Crippen LogP contribution in [-0.4, -0.2) is 29.2 Å². The molecule has 1 unspecified atom stereocenters. The first-order valence-electron chi connectivity index (χ1n) is 6.20. The van der Waals surface area contributed by atoms with Crippen molar-refractivity contribution in [2.24, 2.45) is 11.8 Å². The number of rotatable bonds is 6. The van der Waals surface area contributed by atoms with Gasteiger partial charge in [-0.2, -0.15) is 0 Å². The molecule has 0 aliphatic heterocycles.